The predicted molar refractivity (Wildman–Crippen MR) is 98.8 cm³/mol. The van der Waals surface area contributed by atoms with Crippen molar-refractivity contribution in [3.63, 3.8) is 0 Å². The van der Waals surface area contributed by atoms with Gasteiger partial charge < -0.3 is 16.2 Å². The van der Waals surface area contributed by atoms with E-state index >= 15 is 0 Å². The number of carbonyl (C=O) groups excluding carboxylic acids is 1. The van der Waals surface area contributed by atoms with Crippen LogP contribution in [-0.2, 0) is 9.84 Å². The molecule has 0 unspecified atom stereocenters. The van der Waals surface area contributed by atoms with Gasteiger partial charge in [0.2, 0.25) is 0 Å². The van der Waals surface area contributed by atoms with Gasteiger partial charge in [-0.25, -0.2) is 8.42 Å². The fraction of sp³-hybridized carbons (Fsp3) is 0.267. The largest absolute Gasteiger partial charge is 0.506 e. The van der Waals surface area contributed by atoms with Gasteiger partial charge in [0.1, 0.15) is 9.99 Å². The van der Waals surface area contributed by atoms with Crippen molar-refractivity contribution >= 4 is 43.4 Å². The van der Waals surface area contributed by atoms with Crippen LogP contribution in [0.4, 0.5) is 0 Å². The number of nitrogens with two attached hydrogens (primary N) is 1. The number of benzene rings is 1. The Bertz CT molecular complexity index is 826. The predicted octanol–water partition coefficient (Wildman–Crippen LogP) is 2.81. The minimum Gasteiger partial charge on any atom is -0.506 e. The zero-order chi connectivity index (χ0) is 18.1. The summed E-state index contributed by atoms with van der Waals surface area (Å²) in [6, 6.07) is 4.64. The maximum atomic E-state index is 12.4. The smallest absolute Gasteiger partial charge is 0.259 e. The average Bonchev–Trinajstić information content (AvgIpc) is 3.32. The number of halogens is 1. The lowest BCUT2D eigenvalue weighted by atomic mass is 10.2. The van der Waals surface area contributed by atoms with Gasteiger partial charge >= 0.3 is 0 Å². The highest BCUT2D eigenvalue weighted by Crippen LogP contribution is 2.40. The Hall–Kier alpha value is -1.45. The maximum absolute atomic E-state index is 12.4. The molecule has 0 bridgehead atoms. The van der Waals surface area contributed by atoms with Crippen LogP contribution in [0, 0.1) is 0 Å². The third-order valence-electron chi connectivity index (χ3n) is 3.24. The van der Waals surface area contributed by atoms with E-state index in [0.717, 1.165) is 11.8 Å². The molecule has 130 valence electrons. The van der Waals surface area contributed by atoms with Crippen LogP contribution in [0.1, 0.15) is 30.1 Å². The minimum atomic E-state index is -3.49. The van der Waals surface area contributed by atoms with Crippen molar-refractivity contribution in [1.29, 1.82) is 0 Å². The summed E-state index contributed by atoms with van der Waals surface area (Å²) in [5, 5.41) is 12.1. The molecule has 0 spiro atoms. The number of thioether (sulfide) groups is 1. The Morgan fingerprint density at radius 2 is 2.08 bits per heavy atom. The standard InChI is InChI=1S/C15H17BrN2O4S2/c1-8(17)15(24(21,22)10-6-7-10)23-9(2)18-14(20)11-4-3-5-12(16)13(11)19/h3-5,10,19H,2,6-7,17H2,1H3,(H,18,20)/b15-8+. The molecule has 1 amide bonds. The number of rotatable bonds is 6. The van der Waals surface area contributed by atoms with Crippen LogP contribution in [0.2, 0.25) is 0 Å². The van der Waals surface area contributed by atoms with Crippen LogP contribution in [0.15, 0.2) is 44.2 Å². The first-order chi connectivity index (χ1) is 11.1. The summed E-state index contributed by atoms with van der Waals surface area (Å²) in [6.07, 6.45) is 1.23. The van der Waals surface area contributed by atoms with Crippen molar-refractivity contribution in [1.82, 2.24) is 5.32 Å². The van der Waals surface area contributed by atoms with Crippen molar-refractivity contribution < 1.29 is 18.3 Å². The molecule has 1 aliphatic carbocycles. The fourth-order valence-corrected chi connectivity index (χ4v) is 5.50. The van der Waals surface area contributed by atoms with Crippen molar-refractivity contribution in [3.05, 3.63) is 49.8 Å². The molecule has 1 aromatic carbocycles. The molecule has 0 saturated heterocycles. The summed E-state index contributed by atoms with van der Waals surface area (Å²) in [5.74, 6) is -0.798. The zero-order valence-corrected chi connectivity index (χ0v) is 16.1. The van der Waals surface area contributed by atoms with Crippen LogP contribution in [0.5, 0.6) is 5.75 Å². The van der Waals surface area contributed by atoms with Gasteiger partial charge in [0.05, 0.1) is 20.3 Å². The lowest BCUT2D eigenvalue weighted by Gasteiger charge is -2.13. The first kappa shape index (κ1) is 18.9. The summed E-state index contributed by atoms with van der Waals surface area (Å²) in [7, 11) is -3.49. The minimum absolute atomic E-state index is 0.00811. The van der Waals surface area contributed by atoms with Gasteiger partial charge in [-0.2, -0.15) is 0 Å². The van der Waals surface area contributed by atoms with Gasteiger partial charge in [0, 0.05) is 5.70 Å². The van der Waals surface area contributed by atoms with Crippen molar-refractivity contribution in [3.8, 4) is 5.75 Å². The van der Waals surface area contributed by atoms with Crippen LogP contribution in [0.25, 0.3) is 0 Å². The summed E-state index contributed by atoms with van der Waals surface area (Å²) in [4.78, 5) is 12.2. The monoisotopic (exact) mass is 432 g/mol. The van der Waals surface area contributed by atoms with E-state index in [4.69, 9.17) is 5.73 Å². The molecule has 0 radical (unpaired) electrons. The maximum Gasteiger partial charge on any atom is 0.259 e. The summed E-state index contributed by atoms with van der Waals surface area (Å²) >= 11 is 3.94. The SMILES string of the molecule is C=C(NC(=O)c1cccc(Br)c1O)S/C(=C(/C)N)S(=O)(=O)C1CC1. The van der Waals surface area contributed by atoms with Gasteiger partial charge in [0.15, 0.2) is 9.84 Å². The number of phenolic OH excluding ortho intramolecular Hbond substituents is 1. The van der Waals surface area contributed by atoms with E-state index in [1.54, 1.807) is 12.1 Å². The highest BCUT2D eigenvalue weighted by atomic mass is 79.9. The summed E-state index contributed by atoms with van der Waals surface area (Å²) in [5.41, 5.74) is 5.91. The number of nitrogens with one attached hydrogen (secondary N) is 1. The summed E-state index contributed by atoms with van der Waals surface area (Å²) < 4.78 is 25.1. The van der Waals surface area contributed by atoms with E-state index in [0.29, 0.717) is 17.3 Å². The molecule has 4 N–H and O–H groups in total. The Morgan fingerprint density at radius 1 is 1.46 bits per heavy atom. The Morgan fingerprint density at radius 3 is 2.62 bits per heavy atom. The molecule has 0 atom stereocenters. The number of aromatic hydroxyl groups is 1. The normalized spacial score (nSPS) is 15.6. The topological polar surface area (TPSA) is 109 Å². The third kappa shape index (κ3) is 4.14. The summed E-state index contributed by atoms with van der Waals surface area (Å²) in [6.45, 7) is 5.17. The van der Waals surface area contributed by atoms with Crippen molar-refractivity contribution in [2.45, 2.75) is 25.0 Å². The Labute approximate surface area is 153 Å². The van der Waals surface area contributed by atoms with Gasteiger partial charge in [-0.05, 0) is 47.8 Å². The van der Waals surface area contributed by atoms with E-state index in [1.807, 2.05) is 0 Å². The van der Waals surface area contributed by atoms with Crippen molar-refractivity contribution in [2.24, 2.45) is 5.73 Å². The molecule has 1 saturated carbocycles. The highest BCUT2D eigenvalue weighted by Gasteiger charge is 2.39. The molecular formula is C15H17BrN2O4S2. The molecule has 2 rings (SSSR count). The fourth-order valence-electron chi connectivity index (χ4n) is 1.92. The molecule has 0 aliphatic heterocycles. The number of hydrogen-bond donors (Lipinski definition) is 3. The van der Waals surface area contributed by atoms with Gasteiger partial charge in [0.25, 0.3) is 5.91 Å². The van der Waals surface area contributed by atoms with E-state index in [2.05, 4.69) is 27.8 Å². The average molecular weight is 433 g/mol. The van der Waals surface area contributed by atoms with Gasteiger partial charge in [-0.15, -0.1) is 0 Å². The molecular weight excluding hydrogens is 416 g/mol. The number of amides is 1. The van der Waals surface area contributed by atoms with Crippen LogP contribution < -0.4 is 11.1 Å². The molecule has 6 nitrogen and oxygen atoms in total. The van der Waals surface area contributed by atoms with E-state index in [9.17, 15) is 18.3 Å². The molecule has 1 aliphatic rings. The number of phenols is 1. The van der Waals surface area contributed by atoms with Crippen LogP contribution in [-0.4, -0.2) is 24.7 Å². The van der Waals surface area contributed by atoms with Crippen molar-refractivity contribution in [2.75, 3.05) is 0 Å². The quantitative estimate of drug-likeness (QED) is 0.637. The second-order valence-corrected chi connectivity index (χ2v) is 9.71. The number of para-hydroxylation sites is 1. The van der Waals surface area contributed by atoms with Gasteiger partial charge in [-0.1, -0.05) is 24.4 Å². The third-order valence-corrected chi connectivity index (χ3v) is 7.87. The lowest BCUT2D eigenvalue weighted by Crippen LogP contribution is -2.22. The number of sulfone groups is 1. The van der Waals surface area contributed by atoms with E-state index in [-0.39, 0.29) is 26.3 Å². The molecule has 1 aromatic rings. The number of hydrogen-bond acceptors (Lipinski definition) is 6. The first-order valence-corrected chi connectivity index (χ1v) is 10.2. The second-order valence-electron chi connectivity index (χ2n) is 5.33. The zero-order valence-electron chi connectivity index (χ0n) is 12.9. The second kappa shape index (κ2) is 7.20. The molecule has 9 heteroatoms. The van der Waals surface area contributed by atoms with Crippen LogP contribution in [0.3, 0.4) is 0 Å². The van der Waals surface area contributed by atoms with Crippen LogP contribution >= 0.6 is 27.7 Å². The van der Waals surface area contributed by atoms with Gasteiger partial charge in [-0.3, -0.25) is 4.79 Å². The van der Waals surface area contributed by atoms with E-state index in [1.165, 1.54) is 13.0 Å². The number of carbonyl (C=O) groups is 1. The van der Waals surface area contributed by atoms with E-state index < -0.39 is 21.0 Å². The molecule has 1 fully saturated rings. The molecule has 24 heavy (non-hydrogen) atoms. The Balaban J connectivity index is 2.13. The lowest BCUT2D eigenvalue weighted by molar-refractivity contribution is 0.0966. The number of allylic oxidation sites excluding steroid dienone is 1. The molecule has 0 aromatic heterocycles. The Kier molecular flexibility index (Phi) is 5.67. The highest BCUT2D eigenvalue weighted by molar-refractivity contribution is 9.10. The molecule has 0 heterocycles. The first-order valence-electron chi connectivity index (χ1n) is 7.00.